The molecular formula is C12H31N4O4P. The normalized spacial score (nSPS) is 18.8. The number of phosphoric acid groups is 1. The molecule has 0 aromatic heterocycles. The first-order chi connectivity index (χ1) is 10.1. The Morgan fingerprint density at radius 1 is 0.857 bits per heavy atom. The Bertz CT molecular complexity index is 250. The van der Waals surface area contributed by atoms with Gasteiger partial charge in [0.25, 0.3) is 0 Å². The van der Waals surface area contributed by atoms with E-state index in [0.29, 0.717) is 26.3 Å². The van der Waals surface area contributed by atoms with Crippen LogP contribution in [0, 0.1) is 0 Å². The van der Waals surface area contributed by atoms with E-state index in [-0.39, 0.29) is 0 Å². The van der Waals surface area contributed by atoms with Crippen LogP contribution in [-0.4, -0.2) is 57.4 Å². The molecule has 21 heavy (non-hydrogen) atoms. The van der Waals surface area contributed by atoms with Crippen LogP contribution in [0.2, 0.25) is 0 Å². The van der Waals surface area contributed by atoms with Crippen molar-refractivity contribution in [1.82, 2.24) is 10.6 Å². The summed E-state index contributed by atoms with van der Waals surface area (Å²) in [6.07, 6.45) is 3.77. The molecule has 0 aromatic rings. The van der Waals surface area contributed by atoms with E-state index < -0.39 is 7.82 Å². The van der Waals surface area contributed by atoms with Gasteiger partial charge in [-0.25, -0.2) is 4.57 Å². The van der Waals surface area contributed by atoms with Gasteiger partial charge >= 0.3 is 7.82 Å². The Labute approximate surface area is 127 Å². The molecule has 0 saturated carbocycles. The van der Waals surface area contributed by atoms with Crippen LogP contribution in [0.1, 0.15) is 25.7 Å². The summed E-state index contributed by atoms with van der Waals surface area (Å²) in [4.78, 5) is 8.92. The third-order valence-corrected chi connectivity index (χ3v) is 3.69. The van der Waals surface area contributed by atoms with Crippen molar-refractivity contribution in [3.8, 4) is 0 Å². The molecule has 0 aliphatic carbocycles. The van der Waals surface area contributed by atoms with Crippen LogP contribution in [0.3, 0.4) is 0 Å². The van der Waals surface area contributed by atoms with Crippen molar-refractivity contribution in [3.63, 3.8) is 0 Å². The van der Waals surface area contributed by atoms with Crippen molar-refractivity contribution >= 4 is 7.82 Å². The minimum atomic E-state index is -3.69. The minimum absolute atomic E-state index is 0.327. The average molecular weight is 326 g/mol. The molecule has 0 bridgehead atoms. The largest absolute Gasteiger partial charge is 0.472 e. The van der Waals surface area contributed by atoms with Gasteiger partial charge in [0.15, 0.2) is 0 Å². The lowest BCUT2D eigenvalue weighted by Crippen LogP contribution is -2.32. The number of rotatable bonds is 7. The van der Waals surface area contributed by atoms with Gasteiger partial charge in [-0.3, -0.25) is 9.05 Å². The van der Waals surface area contributed by atoms with E-state index in [1.54, 1.807) is 0 Å². The lowest BCUT2D eigenvalue weighted by molar-refractivity contribution is 0.154. The number of nitrogens with two attached hydrogens (primary N) is 2. The summed E-state index contributed by atoms with van der Waals surface area (Å²) >= 11 is 0. The van der Waals surface area contributed by atoms with Gasteiger partial charge in [0, 0.05) is 39.3 Å². The van der Waals surface area contributed by atoms with E-state index in [9.17, 15) is 4.57 Å². The Balaban J connectivity index is 0.000000384. The van der Waals surface area contributed by atoms with E-state index in [2.05, 4.69) is 19.7 Å². The van der Waals surface area contributed by atoms with Crippen LogP contribution >= 0.6 is 7.82 Å². The maximum absolute atomic E-state index is 10.9. The summed E-state index contributed by atoms with van der Waals surface area (Å²) in [6.45, 7) is 5.79. The average Bonchev–Trinajstić information content (AvgIpc) is 2.55. The zero-order valence-electron chi connectivity index (χ0n) is 12.8. The summed E-state index contributed by atoms with van der Waals surface area (Å²) < 4.78 is 20.1. The lowest BCUT2D eigenvalue weighted by Gasteiger charge is -2.08. The summed E-state index contributed by atoms with van der Waals surface area (Å²) in [5.41, 5.74) is 10.5. The van der Waals surface area contributed by atoms with Crippen LogP contribution in [0.25, 0.3) is 0 Å². The highest BCUT2D eigenvalue weighted by Gasteiger charge is 2.20. The fourth-order valence-corrected chi connectivity index (χ4v) is 2.38. The number of hydrogen-bond donors (Lipinski definition) is 5. The highest BCUT2D eigenvalue weighted by atomic mass is 31.2. The first kappa shape index (κ1) is 20.9. The SMILES string of the molecule is NCCNCCNCCN.O=P1(O)OCCCCCCO1. The topological polar surface area (TPSA) is 132 Å². The van der Waals surface area contributed by atoms with Crippen molar-refractivity contribution in [2.24, 2.45) is 11.5 Å². The minimum Gasteiger partial charge on any atom is -0.329 e. The second-order valence-electron chi connectivity index (χ2n) is 4.63. The highest BCUT2D eigenvalue weighted by Crippen LogP contribution is 2.43. The molecule has 1 heterocycles. The third kappa shape index (κ3) is 16.2. The van der Waals surface area contributed by atoms with E-state index >= 15 is 0 Å². The van der Waals surface area contributed by atoms with Gasteiger partial charge in [-0.2, -0.15) is 0 Å². The molecule has 1 aliphatic heterocycles. The first-order valence-electron chi connectivity index (χ1n) is 7.56. The van der Waals surface area contributed by atoms with E-state index in [1.165, 1.54) is 0 Å². The predicted octanol–water partition coefficient (Wildman–Crippen LogP) is -0.223. The monoisotopic (exact) mass is 326 g/mol. The molecule has 0 amide bonds. The van der Waals surface area contributed by atoms with Crippen molar-refractivity contribution in [1.29, 1.82) is 0 Å². The zero-order valence-corrected chi connectivity index (χ0v) is 13.7. The second kappa shape index (κ2) is 14.9. The van der Waals surface area contributed by atoms with Crippen molar-refractivity contribution in [2.45, 2.75) is 25.7 Å². The quantitative estimate of drug-likeness (QED) is 0.320. The van der Waals surface area contributed by atoms with Gasteiger partial charge in [0.2, 0.25) is 0 Å². The van der Waals surface area contributed by atoms with Crippen LogP contribution < -0.4 is 22.1 Å². The molecule has 0 atom stereocenters. The predicted molar refractivity (Wildman–Crippen MR) is 84.0 cm³/mol. The molecule has 9 heteroatoms. The van der Waals surface area contributed by atoms with Crippen LogP contribution in [0.4, 0.5) is 0 Å². The highest BCUT2D eigenvalue weighted by molar-refractivity contribution is 7.47. The second-order valence-corrected chi connectivity index (χ2v) is 6.08. The summed E-state index contributed by atoms with van der Waals surface area (Å²) in [7, 11) is -3.69. The molecule has 7 N–H and O–H groups in total. The maximum Gasteiger partial charge on any atom is 0.472 e. The molecule has 0 spiro atoms. The Hall–Kier alpha value is -0.0500. The molecule has 1 saturated heterocycles. The summed E-state index contributed by atoms with van der Waals surface area (Å²) in [6, 6.07) is 0. The fraction of sp³-hybridized carbons (Fsp3) is 1.00. The lowest BCUT2D eigenvalue weighted by atomic mass is 10.2. The molecule has 0 aromatic carbocycles. The Morgan fingerprint density at radius 3 is 1.67 bits per heavy atom. The van der Waals surface area contributed by atoms with E-state index in [1.807, 2.05) is 0 Å². The first-order valence-corrected chi connectivity index (χ1v) is 9.05. The van der Waals surface area contributed by atoms with Crippen molar-refractivity contribution in [3.05, 3.63) is 0 Å². The summed E-state index contributed by atoms with van der Waals surface area (Å²) in [5.74, 6) is 0. The van der Waals surface area contributed by atoms with Crippen molar-refractivity contribution < 1.29 is 18.5 Å². The molecule has 128 valence electrons. The molecule has 0 unspecified atom stereocenters. The molecule has 1 rings (SSSR count). The van der Waals surface area contributed by atoms with Crippen LogP contribution in [0.5, 0.6) is 0 Å². The smallest absolute Gasteiger partial charge is 0.329 e. The fourth-order valence-electron chi connectivity index (χ4n) is 1.59. The molecule has 0 radical (unpaired) electrons. The van der Waals surface area contributed by atoms with Crippen LogP contribution in [-0.2, 0) is 13.6 Å². The Kier molecular flexibility index (Phi) is 14.8. The van der Waals surface area contributed by atoms with Gasteiger partial charge in [-0.1, -0.05) is 12.8 Å². The Morgan fingerprint density at radius 2 is 1.29 bits per heavy atom. The van der Waals surface area contributed by atoms with Gasteiger partial charge in [-0.15, -0.1) is 0 Å². The number of nitrogens with one attached hydrogen (secondary N) is 2. The number of phosphoric ester groups is 1. The van der Waals surface area contributed by atoms with Crippen LogP contribution in [0.15, 0.2) is 0 Å². The molecule has 1 aliphatic rings. The van der Waals surface area contributed by atoms with E-state index in [4.69, 9.17) is 16.4 Å². The number of hydrogen-bond acceptors (Lipinski definition) is 7. The molecular weight excluding hydrogens is 295 g/mol. The standard InChI is InChI=1S/C6H18N4.C6H13O4P/c7-1-3-9-5-6-10-4-2-8;7-11(8)9-5-3-1-2-4-6-10-11/h9-10H,1-8H2;1-6H2,(H,7,8). The van der Waals surface area contributed by atoms with Crippen molar-refractivity contribution in [2.75, 3.05) is 52.5 Å². The maximum atomic E-state index is 10.9. The van der Waals surface area contributed by atoms with Gasteiger partial charge in [-0.05, 0) is 12.8 Å². The van der Waals surface area contributed by atoms with Gasteiger partial charge < -0.3 is 27.0 Å². The zero-order chi connectivity index (χ0) is 15.8. The molecule has 8 nitrogen and oxygen atoms in total. The molecule has 1 fully saturated rings. The third-order valence-electron chi connectivity index (χ3n) is 2.67. The van der Waals surface area contributed by atoms with Gasteiger partial charge in [0.05, 0.1) is 13.2 Å². The summed E-state index contributed by atoms with van der Waals surface area (Å²) in [5, 5.41) is 6.33. The van der Waals surface area contributed by atoms with Gasteiger partial charge in [0.1, 0.15) is 0 Å². The van der Waals surface area contributed by atoms with E-state index in [0.717, 1.165) is 51.9 Å².